The van der Waals surface area contributed by atoms with Gasteiger partial charge in [-0.2, -0.15) is 4.31 Å². The summed E-state index contributed by atoms with van der Waals surface area (Å²) in [7, 11) is -1.71. The average Bonchev–Trinajstić information content (AvgIpc) is 2.70. The summed E-state index contributed by atoms with van der Waals surface area (Å²) in [4.78, 5) is 4.12. The highest BCUT2D eigenvalue weighted by Crippen LogP contribution is 2.24. The van der Waals surface area contributed by atoms with Gasteiger partial charge in [-0.3, -0.25) is 0 Å². The Morgan fingerprint density at radius 2 is 2.16 bits per heavy atom. The summed E-state index contributed by atoms with van der Waals surface area (Å²) in [6.45, 7) is 2.69. The minimum Gasteiger partial charge on any atom is -0.337 e. The molecule has 0 aromatic carbocycles. The van der Waals surface area contributed by atoms with E-state index in [9.17, 15) is 8.42 Å². The van der Waals surface area contributed by atoms with Gasteiger partial charge in [0, 0.05) is 32.4 Å². The Morgan fingerprint density at radius 1 is 1.47 bits per heavy atom. The number of hydrogen-bond donors (Lipinski definition) is 1. The van der Waals surface area contributed by atoms with E-state index in [1.807, 2.05) is 0 Å². The van der Waals surface area contributed by atoms with Gasteiger partial charge in [0.1, 0.15) is 5.82 Å². The summed E-state index contributed by atoms with van der Waals surface area (Å²) in [6, 6.07) is -0.0916. The van der Waals surface area contributed by atoms with Gasteiger partial charge < -0.3 is 10.3 Å². The van der Waals surface area contributed by atoms with E-state index in [4.69, 9.17) is 5.73 Å². The molecular weight excluding hydrogens is 288 g/mol. The molecule has 1 saturated heterocycles. The molecule has 0 bridgehead atoms. The SMILES string of the molecule is Cc1nc(S(=O)(=O)N2CCCCC2CN)cn1C.Cl. The summed E-state index contributed by atoms with van der Waals surface area (Å²) in [5.74, 6) is 0.690. The van der Waals surface area contributed by atoms with Crippen LogP contribution in [0.5, 0.6) is 0 Å². The molecule has 6 nitrogen and oxygen atoms in total. The molecule has 1 aromatic heterocycles. The Kier molecular flexibility index (Phi) is 5.37. The zero-order chi connectivity index (χ0) is 13.3. The normalized spacial score (nSPS) is 21.1. The van der Waals surface area contributed by atoms with E-state index in [1.54, 1.807) is 24.7 Å². The molecular formula is C11H21ClN4O2S. The lowest BCUT2D eigenvalue weighted by molar-refractivity contribution is 0.257. The van der Waals surface area contributed by atoms with Crippen molar-refractivity contribution in [3.05, 3.63) is 12.0 Å². The molecule has 0 saturated carbocycles. The molecule has 1 fully saturated rings. The summed E-state index contributed by atoms with van der Waals surface area (Å²) in [6.07, 6.45) is 4.32. The van der Waals surface area contributed by atoms with Crippen LogP contribution in [0.4, 0.5) is 0 Å². The van der Waals surface area contributed by atoms with Crippen molar-refractivity contribution in [1.82, 2.24) is 13.9 Å². The van der Waals surface area contributed by atoms with Gasteiger partial charge in [-0.25, -0.2) is 13.4 Å². The molecule has 1 aliphatic heterocycles. The lowest BCUT2D eigenvalue weighted by Crippen LogP contribution is -2.47. The fraction of sp³-hybridized carbons (Fsp3) is 0.727. The van der Waals surface area contributed by atoms with Crippen LogP contribution in [-0.4, -0.2) is 41.4 Å². The number of aromatic nitrogens is 2. The molecule has 2 N–H and O–H groups in total. The molecule has 1 atom stereocenters. The third-order valence-corrected chi connectivity index (χ3v) is 5.33. The Balaban J connectivity index is 0.00000180. The highest BCUT2D eigenvalue weighted by atomic mass is 35.5. The van der Waals surface area contributed by atoms with Gasteiger partial charge in [0.05, 0.1) is 0 Å². The van der Waals surface area contributed by atoms with Crippen molar-refractivity contribution in [2.45, 2.75) is 37.3 Å². The molecule has 2 rings (SSSR count). The predicted molar refractivity (Wildman–Crippen MR) is 75.8 cm³/mol. The standard InChI is InChI=1S/C11H20N4O2S.ClH/c1-9-13-11(8-14(9)2)18(16,17)15-6-4-3-5-10(15)7-12;/h8,10H,3-7,12H2,1-2H3;1H. The molecule has 2 heterocycles. The highest BCUT2D eigenvalue weighted by Gasteiger charge is 2.34. The molecule has 19 heavy (non-hydrogen) atoms. The number of nitrogens with zero attached hydrogens (tertiary/aromatic N) is 3. The number of imidazole rings is 1. The van der Waals surface area contributed by atoms with Crippen LogP contribution in [0.15, 0.2) is 11.2 Å². The summed E-state index contributed by atoms with van der Waals surface area (Å²) in [5, 5.41) is 0.128. The van der Waals surface area contributed by atoms with Crippen molar-refractivity contribution in [3.63, 3.8) is 0 Å². The number of nitrogens with two attached hydrogens (primary N) is 1. The Labute approximate surface area is 120 Å². The van der Waals surface area contributed by atoms with E-state index in [-0.39, 0.29) is 23.5 Å². The third kappa shape index (κ3) is 3.10. The topological polar surface area (TPSA) is 81.2 Å². The molecule has 0 amide bonds. The zero-order valence-corrected chi connectivity index (χ0v) is 12.9. The molecule has 0 spiro atoms. The number of sulfonamides is 1. The minimum atomic E-state index is -3.50. The van der Waals surface area contributed by atoms with E-state index >= 15 is 0 Å². The first kappa shape index (κ1) is 16.4. The number of piperidine rings is 1. The second-order valence-electron chi connectivity index (χ2n) is 4.74. The number of aryl methyl sites for hydroxylation is 2. The predicted octanol–water partition coefficient (Wildman–Crippen LogP) is 0.652. The maximum atomic E-state index is 12.5. The van der Waals surface area contributed by atoms with Crippen LogP contribution in [0.1, 0.15) is 25.1 Å². The van der Waals surface area contributed by atoms with Gasteiger partial charge >= 0.3 is 0 Å². The van der Waals surface area contributed by atoms with E-state index in [0.717, 1.165) is 19.3 Å². The summed E-state index contributed by atoms with van der Waals surface area (Å²) >= 11 is 0. The Bertz CT molecular complexity index is 509. The van der Waals surface area contributed by atoms with Crippen molar-refractivity contribution in [1.29, 1.82) is 0 Å². The van der Waals surface area contributed by atoms with Gasteiger partial charge in [-0.1, -0.05) is 6.42 Å². The Hall–Kier alpha value is -0.630. The molecule has 0 aliphatic carbocycles. The van der Waals surface area contributed by atoms with Crippen LogP contribution < -0.4 is 5.73 Å². The first-order valence-corrected chi connectivity index (χ1v) is 7.62. The first-order chi connectivity index (χ1) is 8.46. The van der Waals surface area contributed by atoms with Gasteiger partial charge in [0.25, 0.3) is 10.0 Å². The maximum absolute atomic E-state index is 12.5. The second kappa shape index (κ2) is 6.21. The minimum absolute atomic E-state index is 0. The second-order valence-corrected chi connectivity index (χ2v) is 6.58. The van der Waals surface area contributed by atoms with Crippen LogP contribution in [0.25, 0.3) is 0 Å². The van der Waals surface area contributed by atoms with Crippen molar-refractivity contribution in [3.8, 4) is 0 Å². The molecule has 8 heteroatoms. The molecule has 0 radical (unpaired) electrons. The van der Waals surface area contributed by atoms with E-state index in [2.05, 4.69) is 4.98 Å². The summed E-state index contributed by atoms with van der Waals surface area (Å²) < 4.78 is 28.3. The third-order valence-electron chi connectivity index (χ3n) is 3.50. The largest absolute Gasteiger partial charge is 0.337 e. The zero-order valence-electron chi connectivity index (χ0n) is 11.2. The number of rotatable bonds is 3. The van der Waals surface area contributed by atoms with Gasteiger partial charge in [-0.15, -0.1) is 12.4 Å². The van der Waals surface area contributed by atoms with E-state index in [1.165, 1.54) is 4.31 Å². The van der Waals surface area contributed by atoms with Crippen LogP contribution in [-0.2, 0) is 17.1 Å². The lowest BCUT2D eigenvalue weighted by atomic mass is 10.1. The quantitative estimate of drug-likeness (QED) is 0.889. The van der Waals surface area contributed by atoms with Crippen LogP contribution in [0.2, 0.25) is 0 Å². The molecule has 1 unspecified atom stereocenters. The fourth-order valence-electron chi connectivity index (χ4n) is 2.30. The van der Waals surface area contributed by atoms with Crippen molar-refractivity contribution < 1.29 is 8.42 Å². The van der Waals surface area contributed by atoms with Crippen molar-refractivity contribution in [2.75, 3.05) is 13.1 Å². The molecule has 1 aromatic rings. The van der Waals surface area contributed by atoms with Gasteiger partial charge in [-0.05, 0) is 19.8 Å². The van der Waals surface area contributed by atoms with Gasteiger partial charge in [0.2, 0.25) is 0 Å². The lowest BCUT2D eigenvalue weighted by Gasteiger charge is -2.33. The monoisotopic (exact) mass is 308 g/mol. The van der Waals surface area contributed by atoms with Crippen molar-refractivity contribution >= 4 is 22.4 Å². The number of halogens is 1. The average molecular weight is 309 g/mol. The Morgan fingerprint density at radius 3 is 2.68 bits per heavy atom. The smallest absolute Gasteiger partial charge is 0.262 e. The van der Waals surface area contributed by atoms with Crippen LogP contribution >= 0.6 is 12.4 Å². The fourth-order valence-corrected chi connectivity index (χ4v) is 4.03. The highest BCUT2D eigenvalue weighted by molar-refractivity contribution is 7.89. The van der Waals surface area contributed by atoms with Gasteiger partial charge in [0.15, 0.2) is 5.03 Å². The maximum Gasteiger partial charge on any atom is 0.262 e. The van der Waals surface area contributed by atoms with Crippen LogP contribution in [0.3, 0.4) is 0 Å². The van der Waals surface area contributed by atoms with E-state index in [0.29, 0.717) is 18.9 Å². The van der Waals surface area contributed by atoms with E-state index < -0.39 is 10.0 Å². The summed E-state index contributed by atoms with van der Waals surface area (Å²) in [5.41, 5.74) is 5.67. The van der Waals surface area contributed by atoms with Crippen LogP contribution in [0, 0.1) is 6.92 Å². The molecule has 1 aliphatic rings. The number of hydrogen-bond acceptors (Lipinski definition) is 4. The van der Waals surface area contributed by atoms with Crippen molar-refractivity contribution in [2.24, 2.45) is 12.8 Å². The molecule has 110 valence electrons. The first-order valence-electron chi connectivity index (χ1n) is 6.18.